The number of hydrogen-bond acceptors (Lipinski definition) is 2. The molecule has 3 atom stereocenters. The van der Waals surface area contributed by atoms with Gasteiger partial charge in [0.25, 0.3) is 0 Å². The van der Waals surface area contributed by atoms with E-state index >= 15 is 0 Å². The first kappa shape index (κ1) is 9.20. The molecule has 0 spiro atoms. The van der Waals surface area contributed by atoms with Gasteiger partial charge in [-0.05, 0) is 46.1 Å². The molecule has 0 N–H and O–H groups in total. The van der Waals surface area contributed by atoms with E-state index in [0.717, 1.165) is 6.42 Å². The van der Waals surface area contributed by atoms with E-state index in [1.807, 2.05) is 0 Å². The van der Waals surface area contributed by atoms with E-state index in [1.54, 1.807) is 6.92 Å². The summed E-state index contributed by atoms with van der Waals surface area (Å²) < 4.78 is 0. The van der Waals surface area contributed by atoms with E-state index in [1.165, 1.54) is 6.42 Å². The second-order valence-electron chi connectivity index (χ2n) is 5.58. The van der Waals surface area contributed by atoms with Crippen LogP contribution >= 0.6 is 0 Å². The Morgan fingerprint density at radius 1 is 1.23 bits per heavy atom. The Morgan fingerprint density at radius 2 is 1.77 bits per heavy atom. The van der Waals surface area contributed by atoms with Crippen LogP contribution in [0.25, 0.3) is 0 Å². The maximum absolute atomic E-state index is 11.6. The molecule has 74 valence electrons. The third kappa shape index (κ3) is 0.804. The first-order valence-corrected chi connectivity index (χ1v) is 5.01. The van der Waals surface area contributed by atoms with Crippen LogP contribution in [0.15, 0.2) is 0 Å². The van der Waals surface area contributed by atoms with Crippen LogP contribution in [0.4, 0.5) is 0 Å². The van der Waals surface area contributed by atoms with Gasteiger partial charge in [-0.25, -0.2) is 0 Å². The molecule has 2 rings (SSSR count). The summed E-state index contributed by atoms with van der Waals surface area (Å²) in [5, 5.41) is 0. The van der Waals surface area contributed by atoms with Crippen molar-refractivity contribution in [1.82, 2.24) is 4.90 Å². The summed E-state index contributed by atoms with van der Waals surface area (Å²) in [6.07, 6.45) is 2.28. The lowest BCUT2D eigenvalue weighted by Gasteiger charge is -2.35. The molecular weight excluding hydrogens is 162 g/mol. The summed E-state index contributed by atoms with van der Waals surface area (Å²) in [6.45, 7) is 8.38. The normalized spacial score (nSPS) is 54.8. The van der Waals surface area contributed by atoms with Gasteiger partial charge >= 0.3 is 0 Å². The Bertz CT molecular complexity index is 288. The minimum atomic E-state index is -0.207. The molecular formula is C11H19NO. The maximum atomic E-state index is 11.6. The van der Waals surface area contributed by atoms with E-state index in [4.69, 9.17) is 0 Å². The van der Waals surface area contributed by atoms with Crippen molar-refractivity contribution >= 4 is 5.78 Å². The Hall–Kier alpha value is -0.370. The Balaban J connectivity index is 2.36. The standard InChI is InChI=1S/C11H19NO/c1-8(13)10(3)6-9(2)7-11(9,4)12(10)5/h6-7H2,1-5H3. The zero-order chi connectivity index (χ0) is 10.1. The molecule has 1 heterocycles. The van der Waals surface area contributed by atoms with Gasteiger partial charge in [0.15, 0.2) is 0 Å². The topological polar surface area (TPSA) is 20.3 Å². The minimum absolute atomic E-state index is 0.207. The Labute approximate surface area is 80.3 Å². The monoisotopic (exact) mass is 181 g/mol. The van der Waals surface area contributed by atoms with Gasteiger partial charge in [-0.2, -0.15) is 0 Å². The average molecular weight is 181 g/mol. The van der Waals surface area contributed by atoms with Crippen LogP contribution in [-0.4, -0.2) is 28.8 Å². The molecule has 2 nitrogen and oxygen atoms in total. The zero-order valence-electron chi connectivity index (χ0n) is 9.27. The fraction of sp³-hybridized carbons (Fsp3) is 0.909. The average Bonchev–Trinajstić information content (AvgIpc) is 2.47. The molecule has 1 saturated carbocycles. The highest BCUT2D eigenvalue weighted by Crippen LogP contribution is 2.69. The second-order valence-corrected chi connectivity index (χ2v) is 5.58. The van der Waals surface area contributed by atoms with Crippen molar-refractivity contribution in [3.63, 3.8) is 0 Å². The van der Waals surface area contributed by atoms with E-state index in [2.05, 4.69) is 32.7 Å². The van der Waals surface area contributed by atoms with Crippen molar-refractivity contribution in [2.45, 2.75) is 51.6 Å². The summed E-state index contributed by atoms with van der Waals surface area (Å²) in [5.41, 5.74) is 0.470. The van der Waals surface area contributed by atoms with Crippen LogP contribution in [0.1, 0.15) is 40.5 Å². The molecule has 1 saturated heterocycles. The van der Waals surface area contributed by atoms with Crippen molar-refractivity contribution in [1.29, 1.82) is 0 Å². The molecule has 0 amide bonds. The molecule has 0 radical (unpaired) electrons. The van der Waals surface area contributed by atoms with Crippen LogP contribution in [0, 0.1) is 5.41 Å². The van der Waals surface area contributed by atoms with E-state index in [-0.39, 0.29) is 11.1 Å². The number of likely N-dealkylation sites (N-methyl/N-ethyl adjacent to an activating group) is 1. The lowest BCUT2D eigenvalue weighted by molar-refractivity contribution is -0.127. The van der Waals surface area contributed by atoms with Gasteiger partial charge in [0.05, 0.1) is 5.54 Å². The fourth-order valence-corrected chi connectivity index (χ4v) is 3.28. The summed E-state index contributed by atoms with van der Waals surface area (Å²) >= 11 is 0. The molecule has 1 aliphatic carbocycles. The highest BCUT2D eigenvalue weighted by atomic mass is 16.1. The number of nitrogens with zero attached hydrogens (tertiary/aromatic N) is 1. The number of piperidine rings is 1. The van der Waals surface area contributed by atoms with E-state index < -0.39 is 0 Å². The number of fused-ring (bicyclic) bond motifs is 1. The summed E-state index contributed by atoms with van der Waals surface area (Å²) in [5.74, 6) is 0.310. The molecule has 0 aromatic carbocycles. The first-order valence-electron chi connectivity index (χ1n) is 5.01. The van der Waals surface area contributed by atoms with Crippen molar-refractivity contribution in [2.24, 2.45) is 5.41 Å². The number of likely N-dealkylation sites (tertiary alicyclic amines) is 1. The second kappa shape index (κ2) is 2.00. The van der Waals surface area contributed by atoms with Gasteiger partial charge in [-0.1, -0.05) is 6.92 Å². The predicted octanol–water partition coefficient (Wildman–Crippen LogP) is 1.84. The number of ketones is 1. The quantitative estimate of drug-likeness (QED) is 0.615. The van der Waals surface area contributed by atoms with Crippen molar-refractivity contribution in [2.75, 3.05) is 7.05 Å². The molecule has 13 heavy (non-hydrogen) atoms. The van der Waals surface area contributed by atoms with E-state index in [9.17, 15) is 4.79 Å². The van der Waals surface area contributed by atoms with Gasteiger partial charge in [-0.3, -0.25) is 9.69 Å². The number of hydrogen-bond donors (Lipinski definition) is 0. The van der Waals surface area contributed by atoms with Crippen molar-refractivity contribution < 1.29 is 4.79 Å². The Morgan fingerprint density at radius 3 is 2.00 bits per heavy atom. The van der Waals surface area contributed by atoms with Gasteiger partial charge in [0.1, 0.15) is 5.78 Å². The molecule has 0 aromatic heterocycles. The van der Waals surface area contributed by atoms with Crippen LogP contribution < -0.4 is 0 Å². The first-order chi connectivity index (χ1) is 5.76. The third-order valence-electron chi connectivity index (χ3n) is 4.88. The Kier molecular flexibility index (Phi) is 1.42. The number of Topliss-reactive ketones (excluding diaryl/α,β-unsaturated/α-hetero) is 1. The highest BCUT2D eigenvalue weighted by molar-refractivity contribution is 5.86. The van der Waals surface area contributed by atoms with Crippen molar-refractivity contribution in [3.05, 3.63) is 0 Å². The van der Waals surface area contributed by atoms with Crippen LogP contribution in [0.2, 0.25) is 0 Å². The van der Waals surface area contributed by atoms with Crippen LogP contribution in [-0.2, 0) is 4.79 Å². The van der Waals surface area contributed by atoms with Gasteiger partial charge < -0.3 is 0 Å². The van der Waals surface area contributed by atoms with Gasteiger partial charge in [-0.15, -0.1) is 0 Å². The summed E-state index contributed by atoms with van der Waals surface area (Å²) in [7, 11) is 2.10. The van der Waals surface area contributed by atoms with Crippen LogP contribution in [0.5, 0.6) is 0 Å². The van der Waals surface area contributed by atoms with Gasteiger partial charge in [0, 0.05) is 5.54 Å². The smallest absolute Gasteiger partial charge is 0.149 e. The maximum Gasteiger partial charge on any atom is 0.149 e. The minimum Gasteiger partial charge on any atom is -0.298 e. The molecule has 3 unspecified atom stereocenters. The molecule has 2 heteroatoms. The molecule has 2 fully saturated rings. The number of rotatable bonds is 1. The summed E-state index contributed by atoms with van der Waals surface area (Å²) in [4.78, 5) is 13.9. The zero-order valence-corrected chi connectivity index (χ0v) is 9.27. The largest absolute Gasteiger partial charge is 0.298 e. The number of carbonyl (C=O) groups is 1. The fourth-order valence-electron chi connectivity index (χ4n) is 3.28. The molecule has 1 aliphatic heterocycles. The molecule has 0 aromatic rings. The molecule has 0 bridgehead atoms. The third-order valence-corrected chi connectivity index (χ3v) is 4.88. The van der Waals surface area contributed by atoms with Crippen LogP contribution in [0.3, 0.4) is 0 Å². The number of carbonyl (C=O) groups excluding carboxylic acids is 1. The lowest BCUT2D eigenvalue weighted by Crippen LogP contribution is -2.49. The highest BCUT2D eigenvalue weighted by Gasteiger charge is 2.73. The van der Waals surface area contributed by atoms with Gasteiger partial charge in [0.2, 0.25) is 0 Å². The van der Waals surface area contributed by atoms with E-state index in [0.29, 0.717) is 11.2 Å². The molecule has 2 aliphatic rings. The lowest BCUT2D eigenvalue weighted by atomic mass is 9.87. The van der Waals surface area contributed by atoms with Crippen molar-refractivity contribution in [3.8, 4) is 0 Å². The summed E-state index contributed by atoms with van der Waals surface area (Å²) in [6, 6.07) is 0. The SMILES string of the molecule is CC(=O)C1(C)CC2(C)CC2(C)N1C. The predicted molar refractivity (Wildman–Crippen MR) is 52.6 cm³/mol.